The molecular weight excluding hydrogens is 300 g/mol. The summed E-state index contributed by atoms with van der Waals surface area (Å²) in [6.45, 7) is 11.3. The van der Waals surface area contributed by atoms with Gasteiger partial charge in [0.25, 0.3) is 0 Å². The molecule has 1 fully saturated rings. The smallest absolute Gasteiger partial charge is 0.305 e. The number of hydrogen-bond donors (Lipinski definition) is 1. The number of fused-ring (bicyclic) bond motifs is 1. The molecule has 3 heteroatoms. The minimum Gasteiger partial charge on any atom is -0.469 e. The first-order chi connectivity index (χ1) is 11.1. The van der Waals surface area contributed by atoms with Gasteiger partial charge in [-0.2, -0.15) is 0 Å². The predicted octanol–water partition coefficient (Wildman–Crippen LogP) is 4.74. The van der Waals surface area contributed by atoms with Crippen molar-refractivity contribution in [2.24, 2.45) is 28.6 Å². The van der Waals surface area contributed by atoms with Crippen LogP contribution in [0, 0.1) is 28.6 Å². The third-order valence-electron chi connectivity index (χ3n) is 7.22. The number of carbonyl (C=O) groups excluding carboxylic acids is 1. The van der Waals surface area contributed by atoms with E-state index < -0.39 is 0 Å². The van der Waals surface area contributed by atoms with Gasteiger partial charge >= 0.3 is 5.97 Å². The monoisotopic (exact) mass is 336 g/mol. The van der Waals surface area contributed by atoms with Crippen LogP contribution in [0.2, 0.25) is 0 Å². The molecule has 0 saturated heterocycles. The molecule has 0 spiro atoms. The quantitative estimate of drug-likeness (QED) is 0.583. The highest BCUT2D eigenvalue weighted by atomic mass is 16.5. The van der Waals surface area contributed by atoms with Gasteiger partial charge in [0.15, 0.2) is 0 Å². The second-order valence-electron chi connectivity index (χ2n) is 9.13. The highest BCUT2D eigenvalue weighted by Gasteiger charge is 2.54. The molecule has 0 aromatic heterocycles. The molecule has 5 unspecified atom stereocenters. The van der Waals surface area contributed by atoms with Crippen molar-refractivity contribution in [3.05, 3.63) is 11.6 Å². The largest absolute Gasteiger partial charge is 0.469 e. The van der Waals surface area contributed by atoms with Gasteiger partial charge in [-0.15, -0.1) is 0 Å². The average molecular weight is 337 g/mol. The lowest BCUT2D eigenvalue weighted by Gasteiger charge is -2.58. The van der Waals surface area contributed by atoms with Crippen LogP contribution in [0.1, 0.15) is 73.1 Å². The zero-order valence-electron chi connectivity index (χ0n) is 16.4. The van der Waals surface area contributed by atoms with Crippen molar-refractivity contribution in [2.75, 3.05) is 7.11 Å². The van der Waals surface area contributed by atoms with E-state index in [2.05, 4.69) is 40.7 Å². The number of carbonyl (C=O) groups is 1. The Kier molecular flexibility index (Phi) is 5.84. The Bertz CT molecular complexity index is 493. The van der Waals surface area contributed by atoms with Crippen LogP contribution in [0.4, 0.5) is 0 Å². The summed E-state index contributed by atoms with van der Waals surface area (Å²) in [6.07, 6.45) is 7.99. The second-order valence-corrected chi connectivity index (χ2v) is 9.13. The Morgan fingerprint density at radius 2 is 2.08 bits per heavy atom. The Morgan fingerprint density at radius 1 is 1.42 bits per heavy atom. The van der Waals surface area contributed by atoms with Crippen LogP contribution < -0.4 is 0 Å². The summed E-state index contributed by atoms with van der Waals surface area (Å²) < 4.78 is 4.80. The SMILES string of the molecule is COC(=O)CC(C)CCC1C(C)=CCC2C(C)(C)C(O)CCC12C. The maximum Gasteiger partial charge on any atom is 0.305 e. The Balaban J connectivity index is 2.12. The molecule has 138 valence electrons. The zero-order valence-corrected chi connectivity index (χ0v) is 16.4. The molecule has 1 saturated carbocycles. The van der Waals surface area contributed by atoms with E-state index in [0.29, 0.717) is 24.2 Å². The molecule has 1 N–H and O–H groups in total. The zero-order chi connectivity index (χ0) is 18.1. The summed E-state index contributed by atoms with van der Waals surface area (Å²) in [6, 6.07) is 0. The van der Waals surface area contributed by atoms with Crippen LogP contribution in [0.25, 0.3) is 0 Å². The van der Waals surface area contributed by atoms with Crippen molar-refractivity contribution in [1.29, 1.82) is 0 Å². The summed E-state index contributed by atoms with van der Waals surface area (Å²) in [5, 5.41) is 10.5. The number of esters is 1. The summed E-state index contributed by atoms with van der Waals surface area (Å²) in [4.78, 5) is 11.5. The minimum absolute atomic E-state index is 0.0277. The first kappa shape index (κ1) is 19.5. The molecule has 0 aromatic carbocycles. The van der Waals surface area contributed by atoms with E-state index in [1.807, 2.05) is 0 Å². The lowest BCUT2D eigenvalue weighted by atomic mass is 9.47. The lowest BCUT2D eigenvalue weighted by molar-refractivity contribution is -0.141. The third-order valence-corrected chi connectivity index (χ3v) is 7.22. The first-order valence-corrected chi connectivity index (χ1v) is 9.54. The topological polar surface area (TPSA) is 46.5 Å². The normalized spacial score (nSPS) is 36.5. The number of allylic oxidation sites excluding steroid dienone is 2. The Morgan fingerprint density at radius 3 is 2.71 bits per heavy atom. The standard InChI is InChI=1S/C21H36O3/c1-14(13-19(23)24-6)7-9-16-15(2)8-10-17-20(3,4)18(22)11-12-21(16,17)5/h8,14,16-18,22H,7,9-13H2,1-6H3. The van der Waals surface area contributed by atoms with E-state index in [9.17, 15) is 9.90 Å². The van der Waals surface area contributed by atoms with Gasteiger partial charge in [0.2, 0.25) is 0 Å². The molecular formula is C21H36O3. The van der Waals surface area contributed by atoms with Crippen LogP contribution in [0.3, 0.4) is 0 Å². The van der Waals surface area contributed by atoms with Gasteiger partial charge in [-0.1, -0.05) is 39.3 Å². The van der Waals surface area contributed by atoms with E-state index in [1.165, 1.54) is 12.7 Å². The molecule has 5 atom stereocenters. The lowest BCUT2D eigenvalue weighted by Crippen LogP contribution is -2.54. The highest BCUT2D eigenvalue weighted by Crippen LogP contribution is 2.60. The van der Waals surface area contributed by atoms with Gasteiger partial charge < -0.3 is 9.84 Å². The molecule has 0 aliphatic heterocycles. The molecule has 2 aliphatic rings. The van der Waals surface area contributed by atoms with E-state index in [-0.39, 0.29) is 22.9 Å². The van der Waals surface area contributed by atoms with Crippen molar-refractivity contribution in [3.8, 4) is 0 Å². The number of methoxy groups -OCH3 is 1. The van der Waals surface area contributed by atoms with E-state index in [4.69, 9.17) is 4.74 Å². The Hall–Kier alpha value is -0.830. The average Bonchev–Trinajstić information content (AvgIpc) is 2.50. The van der Waals surface area contributed by atoms with Crippen LogP contribution in [-0.4, -0.2) is 24.3 Å². The van der Waals surface area contributed by atoms with Gasteiger partial charge in [-0.25, -0.2) is 0 Å². The summed E-state index contributed by atoms with van der Waals surface area (Å²) in [5.41, 5.74) is 1.73. The molecule has 2 aliphatic carbocycles. The fourth-order valence-corrected chi connectivity index (χ4v) is 5.51. The number of rotatable bonds is 5. The fraction of sp³-hybridized carbons (Fsp3) is 0.857. The Labute approximate surface area is 147 Å². The molecule has 24 heavy (non-hydrogen) atoms. The van der Waals surface area contributed by atoms with Gasteiger partial charge in [0, 0.05) is 6.42 Å². The number of aliphatic hydroxyl groups excluding tert-OH is 1. The molecule has 2 rings (SSSR count). The molecule has 0 aromatic rings. The van der Waals surface area contributed by atoms with Crippen molar-refractivity contribution in [2.45, 2.75) is 79.2 Å². The van der Waals surface area contributed by atoms with E-state index >= 15 is 0 Å². The van der Waals surface area contributed by atoms with Gasteiger partial charge in [-0.3, -0.25) is 4.79 Å². The third kappa shape index (κ3) is 3.56. The highest BCUT2D eigenvalue weighted by molar-refractivity contribution is 5.69. The summed E-state index contributed by atoms with van der Waals surface area (Å²) in [5.74, 6) is 1.34. The van der Waals surface area contributed by atoms with Gasteiger partial charge in [0.05, 0.1) is 13.2 Å². The van der Waals surface area contributed by atoms with Crippen molar-refractivity contribution in [3.63, 3.8) is 0 Å². The van der Waals surface area contributed by atoms with Crippen LogP contribution in [0.5, 0.6) is 0 Å². The van der Waals surface area contributed by atoms with Crippen molar-refractivity contribution >= 4 is 5.97 Å². The maximum atomic E-state index is 11.5. The molecule has 0 heterocycles. The molecule has 0 bridgehead atoms. The number of aliphatic hydroxyl groups is 1. The van der Waals surface area contributed by atoms with Gasteiger partial charge in [-0.05, 0) is 67.6 Å². The maximum absolute atomic E-state index is 11.5. The van der Waals surface area contributed by atoms with E-state index in [1.54, 1.807) is 0 Å². The molecule has 3 nitrogen and oxygen atoms in total. The minimum atomic E-state index is -0.193. The van der Waals surface area contributed by atoms with Crippen LogP contribution in [-0.2, 0) is 9.53 Å². The van der Waals surface area contributed by atoms with Crippen molar-refractivity contribution in [1.82, 2.24) is 0 Å². The fourth-order valence-electron chi connectivity index (χ4n) is 5.51. The second kappa shape index (κ2) is 7.19. The van der Waals surface area contributed by atoms with Gasteiger partial charge in [0.1, 0.15) is 0 Å². The summed E-state index contributed by atoms with van der Waals surface area (Å²) >= 11 is 0. The van der Waals surface area contributed by atoms with Crippen LogP contribution >= 0.6 is 0 Å². The summed E-state index contributed by atoms with van der Waals surface area (Å²) in [7, 11) is 1.46. The molecule has 0 amide bonds. The van der Waals surface area contributed by atoms with Crippen LogP contribution in [0.15, 0.2) is 11.6 Å². The molecule has 0 radical (unpaired) electrons. The van der Waals surface area contributed by atoms with Crippen molar-refractivity contribution < 1.29 is 14.6 Å². The van der Waals surface area contributed by atoms with E-state index in [0.717, 1.165) is 32.1 Å². The number of ether oxygens (including phenoxy) is 1. The number of hydrogen-bond acceptors (Lipinski definition) is 3. The first-order valence-electron chi connectivity index (χ1n) is 9.54. The predicted molar refractivity (Wildman–Crippen MR) is 97.5 cm³/mol.